The molecule has 0 unspecified atom stereocenters. The lowest BCUT2D eigenvalue weighted by molar-refractivity contribution is -0.275. The molecule has 0 amide bonds. The Balaban J connectivity index is 0.000000297. The molecule has 9 aromatic rings. The minimum absolute atomic E-state index is 0.0112. The molecule has 1 aromatic heterocycles. The van der Waals surface area contributed by atoms with Gasteiger partial charge in [0, 0.05) is 12.3 Å². The fraction of sp³-hybridized carbons (Fsp3) is 0.221. The van der Waals surface area contributed by atoms with Gasteiger partial charge in [-0.1, -0.05) is 119 Å². The van der Waals surface area contributed by atoms with E-state index in [1.165, 1.54) is 91.1 Å². The lowest BCUT2D eigenvalue weighted by Gasteiger charge is -2.10. The molecule has 524 valence electrons. The maximum atomic E-state index is 12.5. The van der Waals surface area contributed by atoms with E-state index in [-0.39, 0.29) is 39.7 Å². The normalized spacial score (nSPS) is 11.4. The van der Waals surface area contributed by atoms with E-state index in [9.17, 15) is 92.2 Å². The van der Waals surface area contributed by atoms with Crippen LogP contribution in [0.2, 0.25) is 5.02 Å². The number of ether oxygens (including phenoxy) is 6. The number of hydrogen-bond donors (Lipinski definition) is 0. The van der Waals surface area contributed by atoms with Gasteiger partial charge in [0.2, 0.25) is 5.88 Å². The molecule has 29 heteroatoms. The van der Waals surface area contributed by atoms with Crippen LogP contribution in [-0.2, 0) is 18.5 Å². The highest BCUT2D eigenvalue weighted by Crippen LogP contribution is 2.36. The van der Waals surface area contributed by atoms with Crippen LogP contribution in [0.4, 0.5) is 92.2 Å². The van der Waals surface area contributed by atoms with Crippen LogP contribution in [0, 0.1) is 48.5 Å². The molecule has 0 saturated carbocycles. The second kappa shape index (κ2) is 36.6. The highest BCUT2D eigenvalue weighted by atomic mass is 35.5. The SMILES string of the molecule is Cc1ccc(OC(F)(F)F)c(Cl)c1.Cc1ccc(OC(F)(F)F)cc1.Cc1ccc(OCC(F)(F)F)nc1.Cc1ccc(Oc2cccc(C(F)(F)F)c2)cc1.Cc1cccc(C(F)(F)F)c1.Cc1cccc(OC(F)(F)F)c1.Cc1cccc(Oc2cccc(C(F)(F)F)c2)c1. The number of aromatic nitrogens is 1. The van der Waals surface area contributed by atoms with Gasteiger partial charge in [-0.2, -0.15) is 52.7 Å². The van der Waals surface area contributed by atoms with Crippen LogP contribution in [0.1, 0.15) is 55.6 Å². The van der Waals surface area contributed by atoms with Crippen molar-refractivity contribution in [1.29, 1.82) is 0 Å². The molecule has 0 fully saturated rings. The Morgan fingerprint density at radius 1 is 0.309 bits per heavy atom. The lowest BCUT2D eigenvalue weighted by atomic mass is 10.1. The minimum Gasteiger partial charge on any atom is -0.468 e. The first kappa shape index (κ1) is 81.8. The Kier molecular flexibility index (Phi) is 30.8. The highest BCUT2D eigenvalue weighted by Gasteiger charge is 2.35. The van der Waals surface area contributed by atoms with Gasteiger partial charge in [0.05, 0.1) is 21.7 Å². The van der Waals surface area contributed by atoms with Gasteiger partial charge < -0.3 is 28.4 Å². The number of hydrogen-bond acceptors (Lipinski definition) is 7. The van der Waals surface area contributed by atoms with Crippen molar-refractivity contribution in [3.05, 3.63) is 267 Å². The second-order valence-electron chi connectivity index (χ2n) is 20.0. The van der Waals surface area contributed by atoms with Crippen molar-refractivity contribution in [2.75, 3.05) is 6.61 Å². The summed E-state index contributed by atoms with van der Waals surface area (Å²) < 4.78 is 277. The Morgan fingerprint density at radius 2 is 0.649 bits per heavy atom. The molecule has 9 rings (SSSR count). The molecule has 0 radical (unpaired) electrons. The summed E-state index contributed by atoms with van der Waals surface area (Å²) in [5, 5.41) is -0.0441. The molecule has 0 aliphatic carbocycles. The average molecular weight is 1420 g/mol. The van der Waals surface area contributed by atoms with Gasteiger partial charge >= 0.3 is 43.8 Å². The zero-order valence-electron chi connectivity index (χ0n) is 51.5. The lowest BCUT2D eigenvalue weighted by Crippen LogP contribution is -2.19. The maximum Gasteiger partial charge on any atom is 0.573 e. The smallest absolute Gasteiger partial charge is 0.468 e. The summed E-state index contributed by atoms with van der Waals surface area (Å²) in [6.45, 7) is 11.1. The number of benzene rings is 8. The first-order valence-corrected chi connectivity index (χ1v) is 27.8. The summed E-state index contributed by atoms with van der Waals surface area (Å²) in [6.07, 6.45) is -29.7. The zero-order chi connectivity index (χ0) is 73.2. The van der Waals surface area contributed by atoms with E-state index in [1.54, 1.807) is 95.3 Å². The predicted octanol–water partition coefficient (Wildman–Crippen LogP) is 24.3. The first-order valence-electron chi connectivity index (χ1n) is 27.5. The third-order valence-corrected chi connectivity index (χ3v) is 11.5. The molecule has 0 N–H and O–H groups in total. The van der Waals surface area contributed by atoms with Gasteiger partial charge in [0.1, 0.15) is 40.2 Å². The Bertz CT molecular complexity index is 3790. The Morgan fingerprint density at radius 3 is 1.03 bits per heavy atom. The van der Waals surface area contributed by atoms with Gasteiger partial charge in [-0.25, -0.2) is 4.98 Å². The van der Waals surface area contributed by atoms with E-state index < -0.39 is 67.1 Å². The minimum atomic E-state index is -4.70. The molecule has 7 nitrogen and oxygen atoms in total. The number of nitrogens with zero attached hydrogens (tertiary/aromatic N) is 1. The molecule has 1 heterocycles. The molecule has 0 saturated heterocycles. The Labute approximate surface area is 547 Å². The van der Waals surface area contributed by atoms with Gasteiger partial charge in [0.25, 0.3) is 0 Å². The van der Waals surface area contributed by atoms with Crippen molar-refractivity contribution in [1.82, 2.24) is 4.98 Å². The predicted molar refractivity (Wildman–Crippen MR) is 321 cm³/mol. The monoisotopic (exact) mass is 1420 g/mol. The van der Waals surface area contributed by atoms with Crippen LogP contribution in [0.15, 0.2) is 206 Å². The van der Waals surface area contributed by atoms with E-state index in [0.717, 1.165) is 69.8 Å². The van der Waals surface area contributed by atoms with Gasteiger partial charge in [-0.3, -0.25) is 0 Å². The summed E-state index contributed by atoms with van der Waals surface area (Å²) in [4.78, 5) is 3.66. The van der Waals surface area contributed by atoms with E-state index in [4.69, 9.17) is 21.1 Å². The van der Waals surface area contributed by atoms with Gasteiger partial charge in [-0.15, -0.1) is 39.5 Å². The molecule has 0 spiro atoms. The molecular formula is C68H57ClF21NO6. The number of alkyl halides is 21. The largest absolute Gasteiger partial charge is 0.573 e. The Hall–Kier alpha value is -9.47. The number of halogens is 22. The number of rotatable bonds is 9. The highest BCUT2D eigenvalue weighted by molar-refractivity contribution is 6.32. The van der Waals surface area contributed by atoms with Crippen molar-refractivity contribution in [2.24, 2.45) is 0 Å². The number of aryl methyl sites for hydroxylation is 7. The van der Waals surface area contributed by atoms with Crippen molar-refractivity contribution >= 4 is 11.6 Å². The zero-order valence-corrected chi connectivity index (χ0v) is 52.3. The third kappa shape index (κ3) is 36.3. The van der Waals surface area contributed by atoms with Crippen molar-refractivity contribution in [3.63, 3.8) is 0 Å². The fourth-order valence-corrected chi connectivity index (χ4v) is 7.19. The number of pyridine rings is 1. The molecule has 0 aliphatic heterocycles. The molecule has 0 atom stereocenters. The fourth-order valence-electron chi connectivity index (χ4n) is 6.91. The van der Waals surface area contributed by atoms with Crippen LogP contribution in [0.25, 0.3) is 0 Å². The van der Waals surface area contributed by atoms with E-state index in [2.05, 4.69) is 23.9 Å². The average Bonchev–Trinajstić information content (AvgIpc) is 1.18. The molecule has 0 aliphatic rings. The molecular weight excluding hydrogens is 1360 g/mol. The van der Waals surface area contributed by atoms with E-state index in [0.29, 0.717) is 17.1 Å². The van der Waals surface area contributed by atoms with E-state index >= 15 is 0 Å². The summed E-state index contributed by atoms with van der Waals surface area (Å²) >= 11 is 5.51. The van der Waals surface area contributed by atoms with Crippen molar-refractivity contribution in [2.45, 2.75) is 92.3 Å². The quantitative estimate of drug-likeness (QED) is 0.133. The molecule has 0 bridgehead atoms. The standard InChI is InChI=1S/2C14H11F3O.C8H6ClF3O.C8H8F3NO.2C8H7F3O.C8H7F3/c1-10-4-2-6-12(8-10)18-13-7-3-5-11(9-13)14(15,16)17;1-10-5-7-12(8-6-10)18-13-4-2-3-11(9-13)14(15,16)17;1-5-2-3-7(6(9)4-5)13-8(10,11)12;1-6-2-3-7(12-4-6)13-5-8(9,10)11;1-6-2-4-7(5-3-6)12-8(9,10)11;1-6-3-2-4-7(5-6)12-8(9,10)11;1-6-3-2-4-7(5-6)8(9,10)11/h2*2-9H,1H3;2-4H,1H3;2-4H,5H2,1H3;2*2-5H,1H3;2-5H,1H3. The third-order valence-electron chi connectivity index (χ3n) is 11.2. The van der Waals surface area contributed by atoms with Crippen LogP contribution < -0.4 is 28.4 Å². The van der Waals surface area contributed by atoms with Crippen LogP contribution in [0.5, 0.6) is 46.1 Å². The van der Waals surface area contributed by atoms with Gasteiger partial charge in [0.15, 0.2) is 6.61 Å². The van der Waals surface area contributed by atoms with Crippen LogP contribution in [-0.4, -0.2) is 36.9 Å². The van der Waals surface area contributed by atoms with Crippen molar-refractivity contribution in [3.8, 4) is 46.1 Å². The summed E-state index contributed by atoms with van der Waals surface area (Å²) in [5.41, 5.74) is 3.93. The summed E-state index contributed by atoms with van der Waals surface area (Å²) in [5.74, 6) is 0.636. The topological polar surface area (TPSA) is 68.3 Å². The van der Waals surface area contributed by atoms with E-state index in [1.807, 2.05) is 32.0 Å². The van der Waals surface area contributed by atoms with Crippen LogP contribution in [0.3, 0.4) is 0 Å². The van der Waals surface area contributed by atoms with Crippen LogP contribution >= 0.6 is 11.6 Å². The summed E-state index contributed by atoms with van der Waals surface area (Å²) in [7, 11) is 0. The molecule has 97 heavy (non-hydrogen) atoms. The van der Waals surface area contributed by atoms with Gasteiger partial charge in [-0.05, 0) is 174 Å². The first-order chi connectivity index (χ1) is 44.7. The van der Waals surface area contributed by atoms with Crippen molar-refractivity contribution < 1.29 is 121 Å². The summed E-state index contributed by atoms with van der Waals surface area (Å²) in [6, 6.07) is 47.7. The molecule has 8 aromatic carbocycles. The maximum absolute atomic E-state index is 12.5. The second-order valence-corrected chi connectivity index (χ2v) is 20.4.